The van der Waals surface area contributed by atoms with Crippen molar-refractivity contribution in [2.45, 2.75) is 24.5 Å². The number of ether oxygens (including phenoxy) is 1. The fraction of sp³-hybridized carbons (Fsp3) is 0.364. The van der Waals surface area contributed by atoms with Crippen LogP contribution in [-0.4, -0.2) is 44.1 Å². The second kappa shape index (κ2) is 9.53. The van der Waals surface area contributed by atoms with Crippen LogP contribution in [0.15, 0.2) is 53.5 Å². The van der Waals surface area contributed by atoms with Crippen molar-refractivity contribution in [3.63, 3.8) is 0 Å². The first-order valence-corrected chi connectivity index (χ1v) is 10.1. The molecule has 1 aliphatic heterocycles. The van der Waals surface area contributed by atoms with Crippen LogP contribution < -0.4 is 10.6 Å². The maximum Gasteiger partial charge on any atom is 0.416 e. The van der Waals surface area contributed by atoms with Crippen LogP contribution in [0.2, 0.25) is 0 Å². The highest BCUT2D eigenvalue weighted by Crippen LogP contribution is 2.37. The Morgan fingerprint density at radius 1 is 1.06 bits per heavy atom. The summed E-state index contributed by atoms with van der Waals surface area (Å²) in [5.74, 6) is 0.241. The molecule has 1 aliphatic rings. The number of alkyl halides is 6. The van der Waals surface area contributed by atoms with Gasteiger partial charge in [0.05, 0.1) is 30.9 Å². The molecule has 0 aromatic heterocycles. The molecule has 2 amide bonds. The molecule has 0 aliphatic carbocycles. The number of benzene rings is 2. The van der Waals surface area contributed by atoms with Crippen molar-refractivity contribution >= 4 is 12.0 Å². The molecule has 0 fully saturated rings. The van der Waals surface area contributed by atoms with E-state index in [-0.39, 0.29) is 30.7 Å². The molecule has 2 aromatic carbocycles. The summed E-state index contributed by atoms with van der Waals surface area (Å²) in [6.07, 6.45) is -9.89. The monoisotopic (exact) mass is 488 g/mol. The van der Waals surface area contributed by atoms with Crippen molar-refractivity contribution < 1.29 is 35.9 Å². The van der Waals surface area contributed by atoms with Gasteiger partial charge in [0.1, 0.15) is 5.54 Å². The highest BCUT2D eigenvalue weighted by atomic mass is 19.4. The Morgan fingerprint density at radius 3 is 2.18 bits per heavy atom. The zero-order valence-corrected chi connectivity index (χ0v) is 18.2. The first-order valence-electron chi connectivity index (χ1n) is 10.1. The summed E-state index contributed by atoms with van der Waals surface area (Å²) >= 11 is 0. The van der Waals surface area contributed by atoms with E-state index < -0.39 is 41.7 Å². The molecule has 0 saturated heterocycles. The number of halogens is 6. The van der Waals surface area contributed by atoms with Crippen molar-refractivity contribution in [1.29, 1.82) is 0 Å². The first-order chi connectivity index (χ1) is 15.8. The van der Waals surface area contributed by atoms with Crippen molar-refractivity contribution in [2.75, 3.05) is 27.2 Å². The predicted octanol–water partition coefficient (Wildman–Crippen LogP) is 4.37. The highest BCUT2D eigenvalue weighted by molar-refractivity contribution is 5.97. The first kappa shape index (κ1) is 25.3. The number of likely N-dealkylation sites (N-methyl/N-ethyl adjacent to an activating group) is 1. The quantitative estimate of drug-likeness (QED) is 0.615. The van der Waals surface area contributed by atoms with Crippen LogP contribution in [0.5, 0.6) is 0 Å². The van der Waals surface area contributed by atoms with Gasteiger partial charge in [-0.2, -0.15) is 26.3 Å². The minimum atomic E-state index is -4.94. The van der Waals surface area contributed by atoms with E-state index in [1.807, 2.05) is 0 Å². The molecule has 2 aromatic rings. The standard InChI is InChI=1S/C22H22F6N4O2/c1-29-19(33)30-18-31-20(12-32(18)2,15-6-4-3-5-7-15)13-34-11-14-8-16(21(23,24)25)10-17(9-14)22(26,27)28/h3-10H,11-13H2,1-2H3,(H2,29,30,31,33)/t20-/m1/s1. The lowest BCUT2D eigenvalue weighted by Crippen LogP contribution is -2.44. The highest BCUT2D eigenvalue weighted by Gasteiger charge is 2.41. The van der Waals surface area contributed by atoms with Gasteiger partial charge in [-0.15, -0.1) is 0 Å². The van der Waals surface area contributed by atoms with E-state index in [9.17, 15) is 31.1 Å². The molecular weight excluding hydrogens is 466 g/mol. The van der Waals surface area contributed by atoms with Crippen LogP contribution in [0.1, 0.15) is 22.3 Å². The van der Waals surface area contributed by atoms with Crippen LogP contribution in [0.3, 0.4) is 0 Å². The van der Waals surface area contributed by atoms with Gasteiger partial charge in [0.15, 0.2) is 0 Å². The average Bonchev–Trinajstić information content (AvgIpc) is 3.09. The predicted molar refractivity (Wildman–Crippen MR) is 112 cm³/mol. The normalized spacial score (nSPS) is 18.6. The number of hydrogen-bond donors (Lipinski definition) is 2. The number of aliphatic imine (C=N–C) groups is 1. The number of carbonyl (C=O) groups excluding carboxylic acids is 1. The zero-order valence-electron chi connectivity index (χ0n) is 18.2. The molecule has 0 bridgehead atoms. The fourth-order valence-electron chi connectivity index (χ4n) is 3.58. The van der Waals surface area contributed by atoms with Gasteiger partial charge in [-0.05, 0) is 29.3 Å². The number of amides is 2. The zero-order chi connectivity index (χ0) is 25.1. The van der Waals surface area contributed by atoms with Gasteiger partial charge >= 0.3 is 18.4 Å². The third-order valence-corrected chi connectivity index (χ3v) is 5.20. The van der Waals surface area contributed by atoms with Crippen molar-refractivity contribution in [3.8, 4) is 0 Å². The molecule has 0 unspecified atom stereocenters. The summed E-state index contributed by atoms with van der Waals surface area (Å²) in [6, 6.07) is 9.69. The van der Waals surface area contributed by atoms with Gasteiger partial charge in [-0.3, -0.25) is 5.32 Å². The third kappa shape index (κ3) is 5.79. The molecule has 184 valence electrons. The van der Waals surface area contributed by atoms with Crippen molar-refractivity contribution in [2.24, 2.45) is 4.99 Å². The smallest absolute Gasteiger partial charge is 0.374 e. The minimum Gasteiger partial charge on any atom is -0.374 e. The number of hydrogen-bond acceptors (Lipinski definition) is 4. The van der Waals surface area contributed by atoms with Crippen LogP contribution >= 0.6 is 0 Å². The van der Waals surface area contributed by atoms with E-state index in [2.05, 4.69) is 15.6 Å². The van der Waals surface area contributed by atoms with Gasteiger partial charge in [-0.1, -0.05) is 30.3 Å². The maximum absolute atomic E-state index is 13.1. The number of rotatable bonds is 5. The molecule has 1 heterocycles. The van der Waals surface area contributed by atoms with E-state index >= 15 is 0 Å². The van der Waals surface area contributed by atoms with E-state index in [1.165, 1.54) is 7.05 Å². The maximum atomic E-state index is 13.1. The minimum absolute atomic E-state index is 0.0713. The Bertz CT molecular complexity index is 1020. The van der Waals surface area contributed by atoms with Crippen molar-refractivity contribution in [3.05, 3.63) is 70.8 Å². The van der Waals surface area contributed by atoms with Gasteiger partial charge in [0.2, 0.25) is 5.96 Å². The largest absolute Gasteiger partial charge is 0.416 e. The van der Waals surface area contributed by atoms with Crippen LogP contribution in [0.25, 0.3) is 0 Å². The van der Waals surface area contributed by atoms with Crippen LogP contribution in [-0.2, 0) is 29.2 Å². The Kier molecular flexibility index (Phi) is 7.10. The Hall–Kier alpha value is -3.28. The Labute approximate surface area is 191 Å². The van der Waals surface area contributed by atoms with Crippen LogP contribution in [0, 0.1) is 0 Å². The van der Waals surface area contributed by atoms with E-state index in [0.717, 1.165) is 0 Å². The van der Waals surface area contributed by atoms with E-state index in [4.69, 9.17) is 4.74 Å². The Morgan fingerprint density at radius 2 is 1.65 bits per heavy atom. The SMILES string of the molecule is CNC(=O)NC1=N[C@](COCc2cc(C(F)(F)F)cc(C(F)(F)F)c2)(c2ccccc2)CN1C. The molecule has 3 rings (SSSR count). The fourth-order valence-corrected chi connectivity index (χ4v) is 3.58. The van der Waals surface area contributed by atoms with Gasteiger partial charge < -0.3 is 15.0 Å². The lowest BCUT2D eigenvalue weighted by molar-refractivity contribution is -0.143. The number of nitrogens with one attached hydrogen (secondary N) is 2. The number of guanidine groups is 1. The van der Waals surface area contributed by atoms with Crippen LogP contribution in [0.4, 0.5) is 31.1 Å². The third-order valence-electron chi connectivity index (χ3n) is 5.20. The van der Waals surface area contributed by atoms with Gasteiger partial charge in [0.25, 0.3) is 0 Å². The van der Waals surface area contributed by atoms with Crippen molar-refractivity contribution in [1.82, 2.24) is 15.5 Å². The number of nitrogens with zero attached hydrogens (tertiary/aromatic N) is 2. The number of urea groups is 1. The van der Waals surface area contributed by atoms with Gasteiger partial charge in [-0.25, -0.2) is 9.79 Å². The molecule has 12 heteroatoms. The molecular formula is C22H22F6N4O2. The lowest BCUT2D eigenvalue weighted by atomic mass is 9.92. The summed E-state index contributed by atoms with van der Waals surface area (Å²) < 4.78 is 84.4. The summed E-state index contributed by atoms with van der Waals surface area (Å²) in [5, 5.41) is 4.99. The van der Waals surface area contributed by atoms with E-state index in [1.54, 1.807) is 42.3 Å². The van der Waals surface area contributed by atoms with Gasteiger partial charge in [0, 0.05) is 14.1 Å². The average molecular weight is 488 g/mol. The molecule has 0 spiro atoms. The second-order valence-corrected chi connectivity index (χ2v) is 7.80. The topological polar surface area (TPSA) is 66.0 Å². The molecule has 0 radical (unpaired) electrons. The lowest BCUT2D eigenvalue weighted by Gasteiger charge is -2.27. The second-order valence-electron chi connectivity index (χ2n) is 7.80. The summed E-state index contributed by atoms with van der Waals surface area (Å²) in [4.78, 5) is 18.0. The molecule has 0 saturated carbocycles. The Balaban J connectivity index is 1.87. The molecule has 2 N–H and O–H groups in total. The molecule has 1 atom stereocenters. The summed E-state index contributed by atoms with van der Waals surface area (Å²) in [6.45, 7) is -0.399. The summed E-state index contributed by atoms with van der Waals surface area (Å²) in [5.41, 5.74) is -3.43. The van der Waals surface area contributed by atoms with E-state index in [0.29, 0.717) is 17.7 Å². The molecule has 6 nitrogen and oxygen atoms in total. The molecule has 34 heavy (non-hydrogen) atoms. The number of carbonyl (C=O) groups is 1. The summed E-state index contributed by atoms with van der Waals surface area (Å²) in [7, 11) is 3.12.